The smallest absolute Gasteiger partial charge is 0.130 e. The van der Waals surface area contributed by atoms with Crippen LogP contribution in [0.5, 0.6) is 5.75 Å². The minimum atomic E-state index is 0.329. The summed E-state index contributed by atoms with van der Waals surface area (Å²) in [6.45, 7) is 1.08. The lowest BCUT2D eigenvalue weighted by Crippen LogP contribution is -2.26. The average Bonchev–Trinajstić information content (AvgIpc) is 2.23. The quantitative estimate of drug-likeness (QED) is 0.809. The molecular formula is C11H14BrNO. The van der Waals surface area contributed by atoms with Crippen LogP contribution in [0.3, 0.4) is 0 Å². The Bertz CT molecular complexity index is 321. The maximum absolute atomic E-state index is 9.56. The molecule has 0 aliphatic carbocycles. The van der Waals surface area contributed by atoms with Crippen LogP contribution in [0.4, 0.5) is 0 Å². The number of phenols is 1. The molecule has 0 bridgehead atoms. The van der Waals surface area contributed by atoms with Crippen molar-refractivity contribution in [3.63, 3.8) is 0 Å². The average molecular weight is 256 g/mol. The molecule has 1 unspecified atom stereocenters. The van der Waals surface area contributed by atoms with Gasteiger partial charge in [-0.15, -0.1) is 0 Å². The van der Waals surface area contributed by atoms with Crippen molar-refractivity contribution in [3.05, 3.63) is 28.2 Å². The number of hydrogen-bond acceptors (Lipinski definition) is 2. The van der Waals surface area contributed by atoms with Crippen molar-refractivity contribution in [3.8, 4) is 5.75 Å². The summed E-state index contributed by atoms with van der Waals surface area (Å²) >= 11 is 3.43. The summed E-state index contributed by atoms with van der Waals surface area (Å²) in [5.74, 6) is 0.329. The summed E-state index contributed by atoms with van der Waals surface area (Å²) in [6.07, 6.45) is 3.68. The van der Waals surface area contributed by atoms with Gasteiger partial charge in [-0.3, -0.25) is 0 Å². The van der Waals surface area contributed by atoms with Gasteiger partial charge in [-0.2, -0.15) is 0 Å². The number of aromatic hydroxyl groups is 1. The van der Waals surface area contributed by atoms with E-state index in [4.69, 9.17) is 0 Å². The molecule has 1 fully saturated rings. The van der Waals surface area contributed by atoms with Gasteiger partial charge in [-0.05, 0) is 46.9 Å². The zero-order valence-corrected chi connectivity index (χ0v) is 9.55. The van der Waals surface area contributed by atoms with Crippen LogP contribution in [0, 0.1) is 0 Å². The Kier molecular flexibility index (Phi) is 3.08. The fourth-order valence-electron chi connectivity index (χ4n) is 1.92. The van der Waals surface area contributed by atoms with Crippen LogP contribution in [-0.4, -0.2) is 11.7 Å². The molecule has 1 heterocycles. The lowest BCUT2D eigenvalue weighted by atomic mass is 9.97. The summed E-state index contributed by atoms with van der Waals surface area (Å²) in [5, 5.41) is 13.0. The van der Waals surface area contributed by atoms with Crippen molar-refractivity contribution in [2.75, 3.05) is 6.54 Å². The van der Waals surface area contributed by atoms with Gasteiger partial charge in [-0.1, -0.05) is 18.6 Å². The Balaban J connectivity index is 2.26. The van der Waals surface area contributed by atoms with Crippen molar-refractivity contribution < 1.29 is 5.11 Å². The second-order valence-corrected chi connectivity index (χ2v) is 4.48. The molecule has 1 aliphatic heterocycles. The first-order valence-electron chi connectivity index (χ1n) is 5.00. The summed E-state index contributed by atoms with van der Waals surface area (Å²) in [4.78, 5) is 0. The number of piperidine rings is 1. The fraction of sp³-hybridized carbons (Fsp3) is 0.455. The van der Waals surface area contributed by atoms with Gasteiger partial charge >= 0.3 is 0 Å². The zero-order valence-electron chi connectivity index (χ0n) is 7.96. The predicted molar refractivity (Wildman–Crippen MR) is 60.4 cm³/mol. The van der Waals surface area contributed by atoms with Crippen molar-refractivity contribution in [1.29, 1.82) is 0 Å². The SMILES string of the molecule is Oc1cccc(C2CCCCN2)c1Br. The standard InChI is InChI=1S/C11H14BrNO/c12-11-8(4-3-6-10(11)14)9-5-1-2-7-13-9/h3-4,6,9,13-14H,1-2,5,7H2. The first-order chi connectivity index (χ1) is 6.79. The lowest BCUT2D eigenvalue weighted by Gasteiger charge is -2.24. The highest BCUT2D eigenvalue weighted by Gasteiger charge is 2.17. The van der Waals surface area contributed by atoms with Gasteiger partial charge in [0, 0.05) is 6.04 Å². The van der Waals surface area contributed by atoms with Crippen molar-refractivity contribution >= 4 is 15.9 Å². The van der Waals surface area contributed by atoms with Crippen molar-refractivity contribution in [2.45, 2.75) is 25.3 Å². The zero-order chi connectivity index (χ0) is 9.97. The van der Waals surface area contributed by atoms with E-state index in [1.807, 2.05) is 6.07 Å². The molecular weight excluding hydrogens is 242 g/mol. The molecule has 2 rings (SSSR count). The topological polar surface area (TPSA) is 32.3 Å². The maximum atomic E-state index is 9.56. The van der Waals surface area contributed by atoms with Crippen molar-refractivity contribution in [1.82, 2.24) is 5.32 Å². The molecule has 1 aromatic carbocycles. The molecule has 76 valence electrons. The number of halogens is 1. The molecule has 14 heavy (non-hydrogen) atoms. The molecule has 2 N–H and O–H groups in total. The van der Waals surface area contributed by atoms with Crippen LogP contribution in [-0.2, 0) is 0 Å². The van der Waals surface area contributed by atoms with E-state index in [1.165, 1.54) is 18.4 Å². The van der Waals surface area contributed by atoms with Crippen LogP contribution in [0.15, 0.2) is 22.7 Å². The molecule has 3 heteroatoms. The van der Waals surface area contributed by atoms with E-state index in [0.29, 0.717) is 11.8 Å². The van der Waals surface area contributed by atoms with Gasteiger partial charge in [0.1, 0.15) is 5.75 Å². The maximum Gasteiger partial charge on any atom is 0.130 e. The van der Waals surface area contributed by atoms with Crippen LogP contribution in [0.2, 0.25) is 0 Å². The van der Waals surface area contributed by atoms with E-state index in [1.54, 1.807) is 6.07 Å². The van der Waals surface area contributed by atoms with E-state index >= 15 is 0 Å². The van der Waals surface area contributed by atoms with E-state index in [2.05, 4.69) is 27.3 Å². The fourth-order valence-corrected chi connectivity index (χ4v) is 2.46. The molecule has 1 aliphatic rings. The van der Waals surface area contributed by atoms with Crippen LogP contribution >= 0.6 is 15.9 Å². The highest BCUT2D eigenvalue weighted by molar-refractivity contribution is 9.10. The molecule has 0 amide bonds. The van der Waals surface area contributed by atoms with Gasteiger partial charge in [-0.25, -0.2) is 0 Å². The molecule has 0 radical (unpaired) electrons. The van der Waals surface area contributed by atoms with E-state index in [-0.39, 0.29) is 0 Å². The first kappa shape index (κ1) is 9.99. The number of phenolic OH excluding ortho intramolecular Hbond substituents is 1. The predicted octanol–water partition coefficient (Wildman–Crippen LogP) is 2.97. The third-order valence-electron chi connectivity index (χ3n) is 2.69. The Morgan fingerprint density at radius 1 is 1.36 bits per heavy atom. The van der Waals surface area contributed by atoms with Crippen LogP contribution in [0.25, 0.3) is 0 Å². The third kappa shape index (κ3) is 1.93. The highest BCUT2D eigenvalue weighted by Crippen LogP contribution is 2.34. The lowest BCUT2D eigenvalue weighted by molar-refractivity contribution is 0.407. The summed E-state index contributed by atoms with van der Waals surface area (Å²) in [7, 11) is 0. The normalized spacial score (nSPS) is 22.2. The van der Waals surface area contributed by atoms with E-state index in [0.717, 1.165) is 17.4 Å². The monoisotopic (exact) mass is 255 g/mol. The Hall–Kier alpha value is -0.540. The largest absolute Gasteiger partial charge is 0.507 e. The molecule has 0 saturated carbocycles. The molecule has 0 aromatic heterocycles. The van der Waals surface area contributed by atoms with Crippen LogP contribution in [0.1, 0.15) is 30.9 Å². The second-order valence-electron chi connectivity index (χ2n) is 3.68. The van der Waals surface area contributed by atoms with Gasteiger partial charge in [0.25, 0.3) is 0 Å². The van der Waals surface area contributed by atoms with E-state index in [9.17, 15) is 5.11 Å². The first-order valence-corrected chi connectivity index (χ1v) is 5.79. The Labute approximate surface area is 92.5 Å². The number of hydrogen-bond donors (Lipinski definition) is 2. The number of rotatable bonds is 1. The van der Waals surface area contributed by atoms with E-state index < -0.39 is 0 Å². The second kappa shape index (κ2) is 4.32. The molecule has 1 aromatic rings. The molecule has 1 atom stereocenters. The minimum Gasteiger partial charge on any atom is -0.507 e. The summed E-state index contributed by atoms with van der Waals surface area (Å²) in [6, 6.07) is 6.06. The van der Waals surface area contributed by atoms with Gasteiger partial charge in [0.2, 0.25) is 0 Å². The summed E-state index contributed by atoms with van der Waals surface area (Å²) < 4.78 is 0.833. The number of nitrogens with one attached hydrogen (secondary N) is 1. The number of benzene rings is 1. The molecule has 0 spiro atoms. The minimum absolute atomic E-state index is 0.329. The van der Waals surface area contributed by atoms with Gasteiger partial charge in [0.05, 0.1) is 4.47 Å². The van der Waals surface area contributed by atoms with Crippen LogP contribution < -0.4 is 5.32 Å². The van der Waals surface area contributed by atoms with Gasteiger partial charge in [0.15, 0.2) is 0 Å². The van der Waals surface area contributed by atoms with Crippen molar-refractivity contribution in [2.24, 2.45) is 0 Å². The Morgan fingerprint density at radius 3 is 2.93 bits per heavy atom. The van der Waals surface area contributed by atoms with Gasteiger partial charge < -0.3 is 10.4 Å². The molecule has 1 saturated heterocycles. The summed E-state index contributed by atoms with van der Waals surface area (Å²) in [5.41, 5.74) is 1.17. The molecule has 2 nitrogen and oxygen atoms in total. The Morgan fingerprint density at radius 2 is 2.21 bits per heavy atom. The highest BCUT2D eigenvalue weighted by atomic mass is 79.9. The third-order valence-corrected chi connectivity index (χ3v) is 3.56.